The molecule has 0 fully saturated rings. The van der Waals surface area contributed by atoms with Crippen molar-refractivity contribution in [3.05, 3.63) is 41.2 Å². The molecule has 1 atom stereocenters. The van der Waals surface area contributed by atoms with E-state index in [4.69, 9.17) is 5.11 Å². The summed E-state index contributed by atoms with van der Waals surface area (Å²) >= 11 is 0. The number of carbonyl (C=O) groups is 1. The molecule has 0 amide bonds. The Balaban J connectivity index is 2.02. The molecular formula is C13H10F2N2O2. The Bertz CT molecular complexity index is 667. The van der Waals surface area contributed by atoms with E-state index in [-0.39, 0.29) is 0 Å². The van der Waals surface area contributed by atoms with Gasteiger partial charge in [0.1, 0.15) is 11.7 Å². The number of imidazole rings is 1. The summed E-state index contributed by atoms with van der Waals surface area (Å²) in [5.41, 5.74) is 1.65. The summed E-state index contributed by atoms with van der Waals surface area (Å²) in [6.45, 7) is 0. The molecule has 4 nitrogen and oxygen atoms in total. The number of benzene rings is 1. The molecule has 1 aromatic heterocycles. The number of aliphatic carboxylic acids is 1. The summed E-state index contributed by atoms with van der Waals surface area (Å²) in [6.07, 6.45) is 1.12. The van der Waals surface area contributed by atoms with Crippen LogP contribution in [0.1, 0.15) is 23.7 Å². The lowest BCUT2D eigenvalue weighted by molar-refractivity contribution is -0.138. The first-order chi connectivity index (χ1) is 9.06. The highest BCUT2D eigenvalue weighted by Crippen LogP contribution is 2.33. The van der Waals surface area contributed by atoms with Gasteiger partial charge in [0.05, 0.1) is 5.69 Å². The van der Waals surface area contributed by atoms with Crippen molar-refractivity contribution in [1.82, 2.24) is 9.97 Å². The first kappa shape index (κ1) is 11.8. The van der Waals surface area contributed by atoms with Gasteiger partial charge in [0.15, 0.2) is 11.6 Å². The molecule has 1 aromatic carbocycles. The number of hydrogen-bond acceptors (Lipinski definition) is 2. The summed E-state index contributed by atoms with van der Waals surface area (Å²) in [5, 5.41) is 9.06. The molecule has 0 spiro atoms. The average molecular weight is 264 g/mol. The number of aromatic nitrogens is 2. The largest absolute Gasteiger partial charge is 0.481 e. The Kier molecular flexibility index (Phi) is 2.58. The number of rotatable bonds is 2. The van der Waals surface area contributed by atoms with Crippen LogP contribution in [0.15, 0.2) is 18.2 Å². The fourth-order valence-corrected chi connectivity index (χ4v) is 2.35. The number of halogens is 2. The molecule has 0 bridgehead atoms. The zero-order valence-electron chi connectivity index (χ0n) is 9.78. The molecule has 2 aromatic rings. The third-order valence-electron chi connectivity index (χ3n) is 3.31. The van der Waals surface area contributed by atoms with Gasteiger partial charge in [-0.15, -0.1) is 0 Å². The quantitative estimate of drug-likeness (QED) is 0.875. The van der Waals surface area contributed by atoms with Crippen molar-refractivity contribution >= 4 is 5.97 Å². The molecule has 1 unspecified atom stereocenters. The number of H-pyrrole nitrogens is 1. The molecule has 1 aliphatic carbocycles. The van der Waals surface area contributed by atoms with Crippen molar-refractivity contribution in [1.29, 1.82) is 0 Å². The van der Waals surface area contributed by atoms with Crippen molar-refractivity contribution < 1.29 is 18.7 Å². The molecule has 0 saturated carbocycles. The smallest absolute Gasteiger partial charge is 0.312 e. The normalized spacial score (nSPS) is 17.5. The van der Waals surface area contributed by atoms with E-state index in [1.165, 1.54) is 6.07 Å². The molecule has 0 aliphatic heterocycles. The van der Waals surface area contributed by atoms with Crippen molar-refractivity contribution in [2.75, 3.05) is 0 Å². The number of carboxylic acids is 1. The molecule has 6 heteroatoms. The highest BCUT2D eigenvalue weighted by molar-refractivity contribution is 5.77. The number of nitrogens with zero attached hydrogens (tertiary/aromatic N) is 1. The van der Waals surface area contributed by atoms with E-state index in [0.717, 1.165) is 17.8 Å². The second kappa shape index (κ2) is 4.15. The molecule has 1 aliphatic rings. The van der Waals surface area contributed by atoms with Gasteiger partial charge in [-0.05, 0) is 31.0 Å². The molecule has 19 heavy (non-hydrogen) atoms. The molecule has 98 valence electrons. The molecule has 0 saturated heterocycles. The third-order valence-corrected chi connectivity index (χ3v) is 3.31. The van der Waals surface area contributed by atoms with Crippen LogP contribution in [0.2, 0.25) is 0 Å². The fourth-order valence-electron chi connectivity index (χ4n) is 2.35. The van der Waals surface area contributed by atoms with Crippen molar-refractivity contribution in [2.24, 2.45) is 0 Å². The van der Waals surface area contributed by atoms with Gasteiger partial charge in [0.2, 0.25) is 0 Å². The lowest BCUT2D eigenvalue weighted by atomic mass is 10.1. The third kappa shape index (κ3) is 1.89. The maximum atomic E-state index is 13.2. The van der Waals surface area contributed by atoms with Crippen LogP contribution in [0.5, 0.6) is 0 Å². The van der Waals surface area contributed by atoms with E-state index in [0.29, 0.717) is 29.9 Å². The van der Waals surface area contributed by atoms with Gasteiger partial charge in [-0.3, -0.25) is 4.79 Å². The van der Waals surface area contributed by atoms with Crippen LogP contribution in [-0.2, 0) is 11.2 Å². The summed E-state index contributed by atoms with van der Waals surface area (Å²) in [5.74, 6) is -3.04. The summed E-state index contributed by atoms with van der Waals surface area (Å²) in [6, 6.07) is 3.47. The van der Waals surface area contributed by atoms with Gasteiger partial charge < -0.3 is 10.1 Å². The maximum Gasteiger partial charge on any atom is 0.312 e. The van der Waals surface area contributed by atoms with E-state index in [2.05, 4.69) is 9.97 Å². The lowest BCUT2D eigenvalue weighted by Crippen LogP contribution is -2.08. The Labute approximate surface area is 107 Å². The van der Waals surface area contributed by atoms with Crippen LogP contribution in [0.3, 0.4) is 0 Å². The van der Waals surface area contributed by atoms with Gasteiger partial charge >= 0.3 is 5.97 Å². The van der Waals surface area contributed by atoms with Crippen molar-refractivity contribution in [2.45, 2.75) is 18.8 Å². The Morgan fingerprint density at radius 2 is 2.16 bits per heavy atom. The van der Waals surface area contributed by atoms with Gasteiger partial charge in [-0.25, -0.2) is 13.8 Å². The minimum atomic E-state index is -0.955. The minimum Gasteiger partial charge on any atom is -0.481 e. The van der Waals surface area contributed by atoms with Crippen molar-refractivity contribution in [3.63, 3.8) is 0 Å². The van der Waals surface area contributed by atoms with Crippen LogP contribution < -0.4 is 0 Å². The van der Waals surface area contributed by atoms with Gasteiger partial charge in [-0.2, -0.15) is 0 Å². The molecule has 1 heterocycles. The zero-order valence-corrected chi connectivity index (χ0v) is 9.78. The first-order valence-corrected chi connectivity index (χ1v) is 5.83. The van der Waals surface area contributed by atoms with Crippen LogP contribution >= 0.6 is 0 Å². The van der Waals surface area contributed by atoms with E-state index >= 15 is 0 Å². The SMILES string of the molecule is O=C(O)C1CCc2[nH]c(-c3ccc(F)c(F)c3)nc21. The fraction of sp³-hybridized carbons (Fsp3) is 0.231. The molecule has 3 rings (SSSR count). The monoisotopic (exact) mass is 264 g/mol. The Morgan fingerprint density at radius 3 is 2.84 bits per heavy atom. The number of fused-ring (bicyclic) bond motifs is 1. The van der Waals surface area contributed by atoms with E-state index in [9.17, 15) is 13.6 Å². The predicted octanol–water partition coefficient (Wildman–Crippen LogP) is 2.47. The summed E-state index contributed by atoms with van der Waals surface area (Å²) in [4.78, 5) is 18.2. The minimum absolute atomic E-state index is 0.370. The molecular weight excluding hydrogens is 254 g/mol. The molecule has 2 N–H and O–H groups in total. The number of nitrogens with one attached hydrogen (secondary N) is 1. The van der Waals surface area contributed by atoms with E-state index in [1.807, 2.05) is 0 Å². The zero-order chi connectivity index (χ0) is 13.6. The first-order valence-electron chi connectivity index (χ1n) is 5.83. The predicted molar refractivity (Wildman–Crippen MR) is 62.6 cm³/mol. The second-order valence-corrected chi connectivity index (χ2v) is 4.51. The van der Waals surface area contributed by atoms with Crippen LogP contribution in [0, 0.1) is 11.6 Å². The molecule has 0 radical (unpaired) electrons. The van der Waals surface area contributed by atoms with Gasteiger partial charge in [0, 0.05) is 11.3 Å². The Morgan fingerprint density at radius 1 is 1.37 bits per heavy atom. The van der Waals surface area contributed by atoms with Gasteiger partial charge in [0.25, 0.3) is 0 Å². The topological polar surface area (TPSA) is 66.0 Å². The van der Waals surface area contributed by atoms with Crippen LogP contribution in [-0.4, -0.2) is 21.0 Å². The maximum absolute atomic E-state index is 13.2. The highest BCUT2D eigenvalue weighted by atomic mass is 19.2. The number of aryl methyl sites for hydroxylation is 1. The summed E-state index contributed by atoms with van der Waals surface area (Å²) in [7, 11) is 0. The van der Waals surface area contributed by atoms with Crippen LogP contribution in [0.25, 0.3) is 11.4 Å². The number of hydrogen-bond donors (Lipinski definition) is 2. The standard InChI is InChI=1S/C13H10F2N2O2/c14-8-3-1-6(5-9(8)15)12-16-10-4-2-7(13(18)19)11(10)17-12/h1,3,5,7H,2,4H2,(H,16,17)(H,18,19). The number of aromatic amines is 1. The van der Waals surface area contributed by atoms with E-state index in [1.54, 1.807) is 0 Å². The van der Waals surface area contributed by atoms with Crippen LogP contribution in [0.4, 0.5) is 8.78 Å². The number of carboxylic acid groups (broad SMARTS) is 1. The summed E-state index contributed by atoms with van der Waals surface area (Å²) < 4.78 is 26.0. The van der Waals surface area contributed by atoms with Crippen molar-refractivity contribution in [3.8, 4) is 11.4 Å². The van der Waals surface area contributed by atoms with Gasteiger partial charge in [-0.1, -0.05) is 0 Å². The Hall–Kier alpha value is -2.24. The second-order valence-electron chi connectivity index (χ2n) is 4.51. The average Bonchev–Trinajstić information content (AvgIpc) is 2.91. The highest BCUT2D eigenvalue weighted by Gasteiger charge is 2.32. The van der Waals surface area contributed by atoms with E-state index < -0.39 is 23.5 Å². The lowest BCUT2D eigenvalue weighted by Gasteiger charge is -2.02.